The number of hydrogen-bond acceptors (Lipinski definition) is 27. The average molecular weight is 1140 g/mol. The molecule has 4 saturated heterocycles. The van der Waals surface area contributed by atoms with Gasteiger partial charge in [-0.3, -0.25) is 19.2 Å². The Bertz CT molecular complexity index is 1990. The Morgan fingerprint density at radius 2 is 0.886 bits per heavy atom. The lowest BCUT2D eigenvalue weighted by Gasteiger charge is -2.49. The summed E-state index contributed by atoms with van der Waals surface area (Å²) in [5.41, 5.74) is 0. The summed E-state index contributed by atoms with van der Waals surface area (Å²) in [4.78, 5) is 48.9. The first-order valence-electron chi connectivity index (χ1n) is 27.3. The summed E-state index contributed by atoms with van der Waals surface area (Å²) in [6, 6.07) is 0. The second-order valence-electron chi connectivity index (χ2n) is 22.6. The zero-order chi connectivity index (χ0) is 57.1. The van der Waals surface area contributed by atoms with Crippen molar-refractivity contribution in [2.75, 3.05) is 19.8 Å². The molecule has 8 rings (SSSR count). The van der Waals surface area contributed by atoms with Gasteiger partial charge in [-0.1, -0.05) is 0 Å². The van der Waals surface area contributed by atoms with Gasteiger partial charge in [-0.25, -0.2) is 0 Å². The van der Waals surface area contributed by atoms with Crippen LogP contribution >= 0.6 is 0 Å². The minimum Gasteiger partial charge on any atom is -0.481 e. The molecule has 4 saturated carbocycles. The van der Waals surface area contributed by atoms with Gasteiger partial charge in [-0.05, 0) is 70.6 Å². The van der Waals surface area contributed by atoms with Crippen molar-refractivity contribution < 1.29 is 143 Å². The van der Waals surface area contributed by atoms with Crippen LogP contribution in [-0.2, 0) is 61.8 Å². The Morgan fingerprint density at radius 1 is 0.443 bits per heavy atom. The summed E-state index contributed by atoms with van der Waals surface area (Å²) in [7, 11) is 0. The maximum absolute atomic E-state index is 13.4. The van der Waals surface area contributed by atoms with Crippen molar-refractivity contribution in [3.63, 3.8) is 0 Å². The van der Waals surface area contributed by atoms with Crippen LogP contribution in [0.25, 0.3) is 0 Å². The van der Waals surface area contributed by atoms with E-state index < -0.39 is 227 Å². The van der Waals surface area contributed by atoms with Crippen molar-refractivity contribution in [2.24, 2.45) is 23.7 Å². The van der Waals surface area contributed by atoms with Crippen LogP contribution in [0.4, 0.5) is 0 Å². The van der Waals surface area contributed by atoms with Gasteiger partial charge in [0.2, 0.25) is 0 Å². The highest BCUT2D eigenvalue weighted by Gasteiger charge is 2.57. The van der Waals surface area contributed by atoms with E-state index in [1.807, 2.05) is 0 Å². The zero-order valence-electron chi connectivity index (χ0n) is 43.2. The average Bonchev–Trinajstić information content (AvgIpc) is 3.46. The first kappa shape index (κ1) is 62.1. The van der Waals surface area contributed by atoms with Crippen LogP contribution in [0.3, 0.4) is 0 Å². The fourth-order valence-electron chi connectivity index (χ4n) is 12.4. The predicted octanol–water partition coefficient (Wildman–Crippen LogP) is -6.66. The predicted molar refractivity (Wildman–Crippen MR) is 254 cm³/mol. The SMILES string of the molecule is O=C(O)CC(=O)OC[C@H]1O[C@@H](OC2CC3C(O)CC(O[C@@H]4O[C@H](COC(=O)C5CCC(O[C@@H]6O[C@H](COC(=O)C7CCC(O)CC7)[C@@H](O)[C@H](O)[C@H]6O)CC5)[C@@H](O)[C@H](O)[C@H]4O)CC3[OH+]C2C2CC(O)C(O)C(O)C2)[C@H](O)[C@@H](O)[C@@H]1O. The molecule has 452 valence electrons. The van der Waals surface area contributed by atoms with Crippen LogP contribution in [0.5, 0.6) is 0 Å². The number of carboxylic acid groups (broad SMARTS) is 1. The van der Waals surface area contributed by atoms with Crippen molar-refractivity contribution in [1.82, 2.24) is 0 Å². The van der Waals surface area contributed by atoms with Crippen LogP contribution in [0, 0.1) is 23.7 Å². The van der Waals surface area contributed by atoms with E-state index in [0.29, 0.717) is 25.7 Å². The summed E-state index contributed by atoms with van der Waals surface area (Å²) in [6.07, 6.45) is -33.4. The number of carbonyl (C=O) groups is 4. The van der Waals surface area contributed by atoms with Crippen molar-refractivity contribution >= 4 is 23.9 Å². The molecule has 23 atom stereocenters. The largest absolute Gasteiger partial charge is 0.481 e. The maximum atomic E-state index is 13.4. The molecule has 8 fully saturated rings. The molecule has 29 nitrogen and oxygen atoms in total. The molecule has 16 N–H and O–H groups in total. The molecule has 4 aliphatic heterocycles. The van der Waals surface area contributed by atoms with Crippen LogP contribution in [0.2, 0.25) is 0 Å². The van der Waals surface area contributed by atoms with Gasteiger partial charge in [0.05, 0.1) is 54.4 Å². The Kier molecular flexibility index (Phi) is 21.4. The summed E-state index contributed by atoms with van der Waals surface area (Å²) >= 11 is 0. The van der Waals surface area contributed by atoms with E-state index in [2.05, 4.69) is 0 Å². The zero-order valence-corrected chi connectivity index (χ0v) is 43.2. The van der Waals surface area contributed by atoms with E-state index in [0.717, 1.165) is 0 Å². The van der Waals surface area contributed by atoms with Gasteiger partial charge in [-0.15, -0.1) is 0 Å². The van der Waals surface area contributed by atoms with Crippen LogP contribution < -0.4 is 0 Å². The molecule has 79 heavy (non-hydrogen) atoms. The number of ether oxygens (including phenoxy) is 10. The number of carboxylic acids is 1. The molecule has 0 spiro atoms. The monoisotopic (exact) mass is 1140 g/mol. The quantitative estimate of drug-likeness (QED) is 0.0279. The highest BCUT2D eigenvalue weighted by molar-refractivity contribution is 5.90. The molecular weight excluding hydrogens is 1060 g/mol. The summed E-state index contributed by atoms with van der Waals surface area (Å²) in [5.74, 6) is -6.30. The van der Waals surface area contributed by atoms with E-state index in [4.69, 9.17) is 52.5 Å². The van der Waals surface area contributed by atoms with Crippen molar-refractivity contribution in [3.05, 3.63) is 0 Å². The van der Waals surface area contributed by atoms with Gasteiger partial charge in [0.25, 0.3) is 0 Å². The lowest BCUT2D eigenvalue weighted by molar-refractivity contribution is -0.363. The van der Waals surface area contributed by atoms with Gasteiger partial charge in [-0.2, -0.15) is 0 Å². The Morgan fingerprint density at radius 3 is 1.37 bits per heavy atom. The molecule has 8 aliphatic rings. The summed E-state index contributed by atoms with van der Waals surface area (Å²) < 4.78 is 56.6. The van der Waals surface area contributed by atoms with E-state index >= 15 is 0 Å². The second-order valence-corrected chi connectivity index (χ2v) is 22.6. The van der Waals surface area contributed by atoms with Gasteiger partial charge < -0.3 is 124 Å². The number of aliphatic carboxylic acids is 1. The molecule has 0 aromatic heterocycles. The molecule has 0 radical (unpaired) electrons. The number of hydrogen-bond donors (Lipinski definition) is 15. The Balaban J connectivity index is 0.833. The molecule has 0 amide bonds. The first-order chi connectivity index (χ1) is 37.5. The molecule has 4 aliphatic carbocycles. The molecule has 8 unspecified atom stereocenters. The van der Waals surface area contributed by atoms with Gasteiger partial charge in [0, 0.05) is 18.8 Å². The van der Waals surface area contributed by atoms with Crippen LogP contribution in [-0.4, -0.2) is 278 Å². The van der Waals surface area contributed by atoms with E-state index in [9.17, 15) is 90.7 Å². The topological polar surface area (TPSA) is 468 Å². The van der Waals surface area contributed by atoms with Crippen LogP contribution in [0.15, 0.2) is 0 Å². The third-order valence-corrected chi connectivity index (χ3v) is 17.1. The summed E-state index contributed by atoms with van der Waals surface area (Å²) in [6.45, 7) is -1.73. The molecule has 0 bridgehead atoms. The lowest BCUT2D eigenvalue weighted by Crippen LogP contribution is -2.64. The van der Waals surface area contributed by atoms with E-state index in [1.165, 1.54) is 0 Å². The fourth-order valence-corrected chi connectivity index (χ4v) is 12.4. The first-order valence-corrected chi connectivity index (χ1v) is 27.3. The van der Waals surface area contributed by atoms with E-state index in [1.54, 1.807) is 0 Å². The highest BCUT2D eigenvalue weighted by atomic mass is 16.7. The van der Waals surface area contributed by atoms with E-state index in [-0.39, 0.29) is 57.8 Å². The Labute approximate surface area is 452 Å². The molecule has 4 heterocycles. The second kappa shape index (κ2) is 27.2. The highest BCUT2D eigenvalue weighted by Crippen LogP contribution is 2.44. The smallest absolute Gasteiger partial charge is 0.317 e. The molecular formula is C50H79O29+. The van der Waals surface area contributed by atoms with Crippen molar-refractivity contribution in [2.45, 2.75) is 243 Å². The maximum Gasteiger partial charge on any atom is 0.317 e. The number of aliphatic hydroxyl groups is 16. The number of carbonyl (C=O) groups excluding carboxylic acids is 3. The van der Waals surface area contributed by atoms with Gasteiger partial charge in [0.1, 0.15) is 112 Å². The number of fused-ring (bicyclic) bond motifs is 1. The number of rotatable bonds is 17. The Hall–Kier alpha value is -2.96. The standard InChI is InChI=1S/C50H78O29/c51-21-5-1-18(2-6-21)46(68)71-16-31-37(60)39(62)42(65)48(77-31)73-22-7-3-19(4-8-22)47(69)72-17-32-38(61)40(63)43(66)49(78-32)74-23-11-25(52)24-13-29(45(75-28(24)12-23)20-9-26(53)35(58)27(54)10-20)76-50-44(67)41(64)36(59)30(79-50)15-70-34(57)14-33(55)56/h18-32,35-45,48-54,58-67H,1-17H2,(H,55,56)/p+1/t18?,19?,20?,21?,22?,23?,24?,25?,26?,27?,28?,29?,30-,31-,32-,35?,36-,37-,38-,39+,40+,41+,42-,43-,44-,45?,48-,49-,50-/m1/s1. The normalized spacial score (nSPS) is 47.7. The number of aliphatic hydroxyl groups excluding tert-OH is 14. The third kappa shape index (κ3) is 14.9. The minimum atomic E-state index is -1.90. The third-order valence-electron chi connectivity index (χ3n) is 17.1. The van der Waals surface area contributed by atoms with Crippen molar-refractivity contribution in [1.29, 1.82) is 0 Å². The molecule has 0 aromatic carbocycles. The summed E-state index contributed by atoms with van der Waals surface area (Å²) in [5, 5.41) is 159. The number of esters is 3. The van der Waals surface area contributed by atoms with Crippen molar-refractivity contribution in [3.8, 4) is 0 Å². The minimum absolute atomic E-state index is 0.000710. The fraction of sp³-hybridized carbons (Fsp3) is 0.920. The van der Waals surface area contributed by atoms with Gasteiger partial charge in [0.15, 0.2) is 31.1 Å². The van der Waals surface area contributed by atoms with Crippen LogP contribution in [0.1, 0.15) is 89.9 Å². The molecule has 0 aromatic rings. The molecule has 29 heteroatoms. The lowest BCUT2D eigenvalue weighted by atomic mass is 9.72. The van der Waals surface area contributed by atoms with Gasteiger partial charge >= 0.3 is 23.9 Å².